The van der Waals surface area contributed by atoms with Gasteiger partial charge in [-0.05, 0) is 37.0 Å². The largest absolute Gasteiger partial charge is 0.354 e. The number of carbonyl (C=O) groups is 2. The maximum atomic E-state index is 13.5. The Hall–Kier alpha value is -2.87. The van der Waals surface area contributed by atoms with Crippen LogP contribution in [0.5, 0.6) is 0 Å². The third kappa shape index (κ3) is 7.89. The molecule has 1 N–H and O–H groups in total. The Balaban J connectivity index is 2.39. The van der Waals surface area contributed by atoms with Crippen molar-refractivity contribution in [3.8, 4) is 0 Å². The first-order chi connectivity index (χ1) is 15.5. The van der Waals surface area contributed by atoms with Gasteiger partial charge in [0.2, 0.25) is 21.8 Å². The van der Waals surface area contributed by atoms with Crippen molar-refractivity contribution in [2.45, 2.75) is 46.7 Å². The van der Waals surface area contributed by atoms with Crippen LogP contribution in [0.15, 0.2) is 54.6 Å². The van der Waals surface area contributed by atoms with Gasteiger partial charge in [0.15, 0.2) is 0 Å². The quantitative estimate of drug-likeness (QED) is 0.542. The summed E-state index contributed by atoms with van der Waals surface area (Å²) in [5.74, 6) is -0.402. The van der Waals surface area contributed by atoms with Gasteiger partial charge in [-0.3, -0.25) is 13.9 Å². The average Bonchev–Trinajstić information content (AvgIpc) is 2.75. The molecule has 0 aliphatic carbocycles. The summed E-state index contributed by atoms with van der Waals surface area (Å²) in [7, 11) is -3.71. The fraction of sp³-hybridized carbons (Fsp3) is 0.440. The van der Waals surface area contributed by atoms with E-state index in [1.54, 1.807) is 30.3 Å². The van der Waals surface area contributed by atoms with Gasteiger partial charge in [0.1, 0.15) is 12.6 Å². The SMILES string of the molecule is CCC(C(=O)NCC(C)C)N(Cc1cccc(C)c1)C(=O)CN(c1ccccc1)S(C)(=O)=O. The lowest BCUT2D eigenvalue weighted by Gasteiger charge is -2.33. The summed E-state index contributed by atoms with van der Waals surface area (Å²) >= 11 is 0. The number of nitrogens with one attached hydrogen (secondary N) is 1. The topological polar surface area (TPSA) is 86.8 Å². The minimum absolute atomic E-state index is 0.209. The monoisotopic (exact) mass is 473 g/mol. The van der Waals surface area contributed by atoms with Crippen LogP contribution in [0.3, 0.4) is 0 Å². The summed E-state index contributed by atoms with van der Waals surface area (Å²) < 4.78 is 26.1. The van der Waals surface area contributed by atoms with Gasteiger partial charge in [0, 0.05) is 13.1 Å². The van der Waals surface area contributed by atoms with E-state index in [0.29, 0.717) is 18.7 Å². The molecule has 0 fully saturated rings. The first-order valence-corrected chi connectivity index (χ1v) is 13.0. The number of sulfonamides is 1. The van der Waals surface area contributed by atoms with Crippen molar-refractivity contribution < 1.29 is 18.0 Å². The van der Waals surface area contributed by atoms with Crippen molar-refractivity contribution in [3.05, 3.63) is 65.7 Å². The van der Waals surface area contributed by atoms with E-state index in [1.165, 1.54) is 4.90 Å². The number of hydrogen-bond acceptors (Lipinski definition) is 4. The lowest BCUT2D eigenvalue weighted by atomic mass is 10.1. The Bertz CT molecular complexity index is 1040. The molecule has 7 nitrogen and oxygen atoms in total. The van der Waals surface area contributed by atoms with E-state index in [9.17, 15) is 18.0 Å². The molecular weight excluding hydrogens is 438 g/mol. The number of benzene rings is 2. The van der Waals surface area contributed by atoms with Gasteiger partial charge >= 0.3 is 0 Å². The van der Waals surface area contributed by atoms with Crippen LogP contribution in [0.4, 0.5) is 5.69 Å². The second-order valence-corrected chi connectivity index (χ2v) is 10.6. The predicted octanol–water partition coefficient (Wildman–Crippen LogP) is 3.34. The van der Waals surface area contributed by atoms with E-state index < -0.39 is 22.0 Å². The fourth-order valence-corrected chi connectivity index (χ4v) is 4.41. The fourth-order valence-electron chi connectivity index (χ4n) is 3.56. The second-order valence-electron chi connectivity index (χ2n) is 8.68. The van der Waals surface area contributed by atoms with Gasteiger partial charge in [-0.25, -0.2) is 8.42 Å². The summed E-state index contributed by atoms with van der Waals surface area (Å²) in [6.45, 7) is 8.14. The zero-order valence-corrected chi connectivity index (χ0v) is 20.9. The Labute approximate surface area is 197 Å². The molecule has 1 atom stereocenters. The highest BCUT2D eigenvalue weighted by atomic mass is 32.2. The molecule has 0 spiro atoms. The Morgan fingerprint density at radius 2 is 1.70 bits per heavy atom. The Morgan fingerprint density at radius 3 is 2.24 bits per heavy atom. The molecule has 0 saturated carbocycles. The van der Waals surface area contributed by atoms with E-state index >= 15 is 0 Å². The molecule has 33 heavy (non-hydrogen) atoms. The maximum absolute atomic E-state index is 13.5. The number of carbonyl (C=O) groups excluding carboxylic acids is 2. The van der Waals surface area contributed by atoms with Crippen LogP contribution in [0.2, 0.25) is 0 Å². The number of rotatable bonds is 11. The zero-order valence-electron chi connectivity index (χ0n) is 20.1. The zero-order chi connectivity index (χ0) is 24.6. The highest BCUT2D eigenvalue weighted by molar-refractivity contribution is 7.92. The Morgan fingerprint density at radius 1 is 1.03 bits per heavy atom. The van der Waals surface area contributed by atoms with Crippen molar-refractivity contribution in [1.82, 2.24) is 10.2 Å². The summed E-state index contributed by atoms with van der Waals surface area (Å²) in [6.07, 6.45) is 1.48. The number of para-hydroxylation sites is 1. The summed E-state index contributed by atoms with van der Waals surface area (Å²) in [5.41, 5.74) is 2.32. The van der Waals surface area contributed by atoms with Gasteiger partial charge in [0.05, 0.1) is 11.9 Å². The highest BCUT2D eigenvalue weighted by Crippen LogP contribution is 2.19. The second kappa shape index (κ2) is 11.8. The van der Waals surface area contributed by atoms with E-state index in [0.717, 1.165) is 21.7 Å². The van der Waals surface area contributed by atoms with E-state index in [-0.39, 0.29) is 24.9 Å². The molecule has 0 saturated heterocycles. The van der Waals surface area contributed by atoms with Crippen molar-refractivity contribution in [3.63, 3.8) is 0 Å². The summed E-state index contributed by atoms with van der Waals surface area (Å²) in [6, 6.07) is 15.5. The summed E-state index contributed by atoms with van der Waals surface area (Å²) in [4.78, 5) is 28.0. The molecule has 2 aromatic carbocycles. The van der Waals surface area contributed by atoms with Gasteiger partial charge in [-0.15, -0.1) is 0 Å². The van der Waals surface area contributed by atoms with Crippen LogP contribution < -0.4 is 9.62 Å². The van der Waals surface area contributed by atoms with Crippen molar-refractivity contribution in [2.75, 3.05) is 23.7 Å². The minimum Gasteiger partial charge on any atom is -0.354 e. The number of hydrogen-bond donors (Lipinski definition) is 1. The van der Waals surface area contributed by atoms with Crippen LogP contribution >= 0.6 is 0 Å². The standard InChI is InChI=1S/C25H35N3O4S/c1-6-23(25(30)26-16-19(2)3)27(17-21-12-10-11-20(4)15-21)24(29)18-28(33(5,31)32)22-13-8-7-9-14-22/h7-15,19,23H,6,16-18H2,1-5H3,(H,26,30). The molecule has 0 aliphatic rings. The molecule has 8 heteroatoms. The normalized spacial score (nSPS) is 12.3. The molecule has 0 aromatic heterocycles. The third-order valence-electron chi connectivity index (χ3n) is 5.23. The molecule has 180 valence electrons. The Kier molecular flexibility index (Phi) is 9.46. The highest BCUT2D eigenvalue weighted by Gasteiger charge is 2.31. The molecular formula is C25H35N3O4S. The van der Waals surface area contributed by atoms with Crippen LogP contribution in [0.1, 0.15) is 38.3 Å². The molecule has 0 radical (unpaired) electrons. The number of anilines is 1. The predicted molar refractivity (Wildman–Crippen MR) is 132 cm³/mol. The van der Waals surface area contributed by atoms with E-state index in [2.05, 4.69) is 5.32 Å². The number of aryl methyl sites for hydroxylation is 1. The van der Waals surface area contributed by atoms with E-state index in [4.69, 9.17) is 0 Å². The van der Waals surface area contributed by atoms with Crippen LogP contribution in [0, 0.1) is 12.8 Å². The minimum atomic E-state index is -3.71. The molecule has 2 amide bonds. The van der Waals surface area contributed by atoms with Crippen LogP contribution in [0.25, 0.3) is 0 Å². The van der Waals surface area contributed by atoms with Gasteiger partial charge < -0.3 is 10.2 Å². The average molecular weight is 474 g/mol. The molecule has 1 unspecified atom stereocenters. The van der Waals surface area contributed by atoms with Crippen molar-refractivity contribution in [1.29, 1.82) is 0 Å². The smallest absolute Gasteiger partial charge is 0.244 e. The first kappa shape index (κ1) is 26.4. The van der Waals surface area contributed by atoms with Gasteiger partial charge in [0.25, 0.3) is 0 Å². The van der Waals surface area contributed by atoms with Crippen molar-refractivity contribution >= 4 is 27.5 Å². The lowest BCUT2D eigenvalue weighted by Crippen LogP contribution is -2.52. The summed E-state index contributed by atoms with van der Waals surface area (Å²) in [5, 5.41) is 2.92. The molecule has 2 rings (SSSR count). The maximum Gasteiger partial charge on any atom is 0.244 e. The molecule has 2 aromatic rings. The lowest BCUT2D eigenvalue weighted by molar-refractivity contribution is -0.140. The third-order valence-corrected chi connectivity index (χ3v) is 6.37. The molecule has 0 heterocycles. The molecule has 0 aliphatic heterocycles. The van der Waals surface area contributed by atoms with Crippen LogP contribution in [-0.2, 0) is 26.2 Å². The number of nitrogens with zero attached hydrogens (tertiary/aromatic N) is 2. The van der Waals surface area contributed by atoms with E-state index in [1.807, 2.05) is 52.0 Å². The van der Waals surface area contributed by atoms with Crippen LogP contribution in [-0.4, -0.2) is 50.5 Å². The molecule has 0 bridgehead atoms. The first-order valence-electron chi connectivity index (χ1n) is 11.2. The van der Waals surface area contributed by atoms with Crippen molar-refractivity contribution in [2.24, 2.45) is 5.92 Å². The van der Waals surface area contributed by atoms with Gasteiger partial charge in [-0.1, -0.05) is 68.8 Å². The van der Waals surface area contributed by atoms with Gasteiger partial charge in [-0.2, -0.15) is 0 Å². The number of amides is 2.